The summed E-state index contributed by atoms with van der Waals surface area (Å²) in [4.78, 5) is 22.1. The third kappa shape index (κ3) is 5.71. The summed E-state index contributed by atoms with van der Waals surface area (Å²) in [6.07, 6.45) is 8.81. The first kappa shape index (κ1) is 22.0. The lowest BCUT2D eigenvalue weighted by Crippen LogP contribution is -2.19. The third-order valence-electron chi connectivity index (χ3n) is 6.04. The van der Waals surface area contributed by atoms with Crippen LogP contribution in [0.15, 0.2) is 54.7 Å². The predicted molar refractivity (Wildman–Crippen MR) is 124 cm³/mol. The van der Waals surface area contributed by atoms with E-state index in [1.165, 1.54) is 32.1 Å². The van der Waals surface area contributed by atoms with Crippen LogP contribution in [0.5, 0.6) is 5.75 Å². The molecule has 4 rings (SSSR count). The van der Waals surface area contributed by atoms with Gasteiger partial charge in [0, 0.05) is 5.56 Å². The molecule has 0 atom stereocenters. The molecule has 0 unspecified atom stereocenters. The molecule has 1 saturated carbocycles. The first-order chi connectivity index (χ1) is 15.6. The molecule has 6 nitrogen and oxygen atoms in total. The van der Waals surface area contributed by atoms with Crippen molar-refractivity contribution in [3.8, 4) is 17.0 Å². The fourth-order valence-electron chi connectivity index (χ4n) is 4.23. The molecule has 0 radical (unpaired) electrons. The SMILES string of the molecule is O=C(Cc1ccc(O)cc1)Nc1ncc(-c2ccc(CO)cc2)nc1CC1CCCCC1. The van der Waals surface area contributed by atoms with Crippen molar-refractivity contribution in [1.82, 2.24) is 9.97 Å². The number of carbonyl (C=O) groups excluding carboxylic acids is 1. The van der Waals surface area contributed by atoms with Gasteiger partial charge in [-0.2, -0.15) is 0 Å². The van der Waals surface area contributed by atoms with Crippen molar-refractivity contribution in [3.63, 3.8) is 0 Å². The van der Waals surface area contributed by atoms with Gasteiger partial charge in [-0.3, -0.25) is 4.79 Å². The van der Waals surface area contributed by atoms with E-state index < -0.39 is 0 Å². The van der Waals surface area contributed by atoms with E-state index >= 15 is 0 Å². The summed E-state index contributed by atoms with van der Waals surface area (Å²) in [5.41, 5.74) is 4.18. The molecule has 166 valence electrons. The van der Waals surface area contributed by atoms with E-state index in [1.807, 2.05) is 24.3 Å². The average molecular weight is 432 g/mol. The van der Waals surface area contributed by atoms with Gasteiger partial charge in [0.1, 0.15) is 5.75 Å². The number of nitrogens with zero attached hydrogens (tertiary/aromatic N) is 2. The molecular formula is C26H29N3O3. The number of carbonyl (C=O) groups is 1. The van der Waals surface area contributed by atoms with Crippen LogP contribution in [0.3, 0.4) is 0 Å². The van der Waals surface area contributed by atoms with Crippen LogP contribution in [0.4, 0.5) is 5.82 Å². The topological polar surface area (TPSA) is 95.3 Å². The summed E-state index contributed by atoms with van der Waals surface area (Å²) in [5, 5.41) is 21.7. The van der Waals surface area contributed by atoms with E-state index in [1.54, 1.807) is 30.5 Å². The Morgan fingerprint density at radius 1 is 0.969 bits per heavy atom. The Morgan fingerprint density at radius 2 is 1.66 bits per heavy atom. The van der Waals surface area contributed by atoms with Gasteiger partial charge in [0.25, 0.3) is 0 Å². The van der Waals surface area contributed by atoms with Crippen molar-refractivity contribution in [2.75, 3.05) is 5.32 Å². The third-order valence-corrected chi connectivity index (χ3v) is 6.04. The first-order valence-corrected chi connectivity index (χ1v) is 11.2. The Morgan fingerprint density at radius 3 is 2.34 bits per heavy atom. The van der Waals surface area contributed by atoms with Crippen LogP contribution >= 0.6 is 0 Å². The molecule has 1 aromatic heterocycles. The highest BCUT2D eigenvalue weighted by Gasteiger charge is 2.19. The Hall–Kier alpha value is -3.25. The Kier molecular flexibility index (Phi) is 7.12. The van der Waals surface area contributed by atoms with E-state index in [2.05, 4.69) is 10.3 Å². The summed E-state index contributed by atoms with van der Waals surface area (Å²) < 4.78 is 0. The number of hydrogen-bond donors (Lipinski definition) is 3. The van der Waals surface area contributed by atoms with Crippen molar-refractivity contribution in [2.45, 2.75) is 51.6 Å². The fourth-order valence-corrected chi connectivity index (χ4v) is 4.23. The monoisotopic (exact) mass is 431 g/mol. The maximum absolute atomic E-state index is 12.7. The normalized spacial score (nSPS) is 14.3. The number of hydrogen-bond acceptors (Lipinski definition) is 5. The second kappa shape index (κ2) is 10.4. The number of rotatable bonds is 7. The molecule has 1 fully saturated rings. The van der Waals surface area contributed by atoms with Gasteiger partial charge in [0.2, 0.25) is 5.91 Å². The number of aromatic hydroxyl groups is 1. The Balaban J connectivity index is 1.56. The zero-order valence-corrected chi connectivity index (χ0v) is 18.1. The van der Waals surface area contributed by atoms with Gasteiger partial charge in [-0.25, -0.2) is 9.97 Å². The molecular weight excluding hydrogens is 402 g/mol. The van der Waals surface area contributed by atoms with E-state index in [0.29, 0.717) is 11.7 Å². The molecule has 2 aromatic carbocycles. The fraction of sp³-hybridized carbons (Fsp3) is 0.346. The second-order valence-corrected chi connectivity index (χ2v) is 8.51. The molecule has 6 heteroatoms. The molecule has 0 aliphatic heterocycles. The summed E-state index contributed by atoms with van der Waals surface area (Å²) in [6.45, 7) is 0.00485. The van der Waals surface area contributed by atoms with Gasteiger partial charge in [-0.05, 0) is 35.6 Å². The maximum atomic E-state index is 12.7. The van der Waals surface area contributed by atoms with Crippen LogP contribution < -0.4 is 5.32 Å². The van der Waals surface area contributed by atoms with Crippen molar-refractivity contribution >= 4 is 11.7 Å². The molecule has 1 aliphatic rings. The minimum atomic E-state index is -0.157. The number of amides is 1. The van der Waals surface area contributed by atoms with Gasteiger partial charge in [-0.1, -0.05) is 68.5 Å². The number of anilines is 1. The van der Waals surface area contributed by atoms with E-state index in [-0.39, 0.29) is 24.7 Å². The molecule has 0 spiro atoms. The van der Waals surface area contributed by atoms with Crippen LogP contribution in [0.25, 0.3) is 11.3 Å². The minimum absolute atomic E-state index is 0.00485. The van der Waals surface area contributed by atoms with Gasteiger partial charge >= 0.3 is 0 Å². The van der Waals surface area contributed by atoms with Crippen LogP contribution in [-0.2, 0) is 24.2 Å². The Labute approximate surface area is 188 Å². The standard InChI is InChI=1S/C26H29N3O3/c30-17-20-6-10-21(11-7-20)24-16-27-26(23(28-24)14-18-4-2-1-3-5-18)29-25(32)15-19-8-12-22(31)13-9-19/h6-13,16,18,30-31H,1-5,14-15,17H2,(H,27,29,32). The maximum Gasteiger partial charge on any atom is 0.229 e. The zero-order valence-electron chi connectivity index (χ0n) is 18.1. The highest BCUT2D eigenvalue weighted by atomic mass is 16.3. The molecule has 3 N–H and O–H groups in total. The van der Waals surface area contributed by atoms with Gasteiger partial charge in [0.15, 0.2) is 5.82 Å². The molecule has 0 bridgehead atoms. The molecule has 1 amide bonds. The number of nitrogens with one attached hydrogen (secondary N) is 1. The van der Waals surface area contributed by atoms with E-state index in [4.69, 9.17) is 4.98 Å². The summed E-state index contributed by atoms with van der Waals surface area (Å²) in [7, 11) is 0. The van der Waals surface area contributed by atoms with Crippen LogP contribution in [0.2, 0.25) is 0 Å². The number of aromatic nitrogens is 2. The van der Waals surface area contributed by atoms with E-state index in [0.717, 1.165) is 34.5 Å². The van der Waals surface area contributed by atoms with Crippen LogP contribution in [0, 0.1) is 5.92 Å². The molecule has 1 aliphatic carbocycles. The lowest BCUT2D eigenvalue weighted by Gasteiger charge is -2.22. The highest BCUT2D eigenvalue weighted by Crippen LogP contribution is 2.29. The van der Waals surface area contributed by atoms with Crippen molar-refractivity contribution in [1.29, 1.82) is 0 Å². The number of aliphatic hydroxyl groups is 1. The quantitative estimate of drug-likeness (QED) is 0.506. The number of benzene rings is 2. The zero-order chi connectivity index (χ0) is 22.3. The van der Waals surface area contributed by atoms with Crippen LogP contribution in [0.1, 0.15) is 48.9 Å². The summed E-state index contributed by atoms with van der Waals surface area (Å²) in [6, 6.07) is 14.3. The summed E-state index contributed by atoms with van der Waals surface area (Å²) in [5.74, 6) is 1.10. The number of phenols is 1. The predicted octanol–water partition coefficient (Wildman–Crippen LogP) is 4.65. The van der Waals surface area contributed by atoms with Gasteiger partial charge in [0.05, 0.1) is 30.6 Å². The highest BCUT2D eigenvalue weighted by molar-refractivity contribution is 5.92. The van der Waals surface area contributed by atoms with Crippen molar-refractivity contribution in [3.05, 3.63) is 71.5 Å². The lowest BCUT2D eigenvalue weighted by atomic mass is 9.86. The molecule has 3 aromatic rings. The van der Waals surface area contributed by atoms with Crippen molar-refractivity contribution < 1.29 is 15.0 Å². The van der Waals surface area contributed by atoms with Crippen LogP contribution in [-0.4, -0.2) is 26.1 Å². The number of aliphatic hydroxyl groups excluding tert-OH is 1. The molecule has 32 heavy (non-hydrogen) atoms. The van der Waals surface area contributed by atoms with Crippen molar-refractivity contribution in [2.24, 2.45) is 5.92 Å². The second-order valence-electron chi connectivity index (χ2n) is 8.51. The Bertz CT molecular complexity index is 1040. The minimum Gasteiger partial charge on any atom is -0.508 e. The van der Waals surface area contributed by atoms with Gasteiger partial charge in [-0.15, -0.1) is 0 Å². The molecule has 0 saturated heterocycles. The summed E-state index contributed by atoms with van der Waals surface area (Å²) >= 11 is 0. The van der Waals surface area contributed by atoms with E-state index in [9.17, 15) is 15.0 Å². The largest absolute Gasteiger partial charge is 0.508 e. The average Bonchev–Trinajstić information content (AvgIpc) is 2.82. The smallest absolute Gasteiger partial charge is 0.229 e. The number of phenolic OH excluding ortho intramolecular Hbond substituents is 1. The van der Waals surface area contributed by atoms with Gasteiger partial charge < -0.3 is 15.5 Å². The molecule has 1 heterocycles. The lowest BCUT2D eigenvalue weighted by molar-refractivity contribution is -0.115. The first-order valence-electron chi connectivity index (χ1n) is 11.2.